The number of hydrogen-bond acceptors (Lipinski definition) is 8. The normalized spacial score (nSPS) is 21.2. The zero-order valence-electron chi connectivity index (χ0n) is 22.8. The number of thioether (sulfide) groups is 1. The quantitative estimate of drug-likeness (QED) is 0.351. The van der Waals surface area contributed by atoms with Gasteiger partial charge < -0.3 is 19.9 Å². The molecule has 0 unspecified atom stereocenters. The largest absolute Gasteiger partial charge is 0.450 e. The lowest BCUT2D eigenvalue weighted by Gasteiger charge is -2.37. The summed E-state index contributed by atoms with van der Waals surface area (Å²) in [6.45, 7) is 12.5. The highest BCUT2D eigenvalue weighted by molar-refractivity contribution is 7.99. The van der Waals surface area contributed by atoms with Gasteiger partial charge in [-0.1, -0.05) is 6.92 Å². The van der Waals surface area contributed by atoms with E-state index >= 15 is 0 Å². The molecule has 1 amide bonds. The minimum Gasteiger partial charge on any atom is -0.450 e. The molecule has 2 aliphatic rings. The van der Waals surface area contributed by atoms with Gasteiger partial charge in [-0.2, -0.15) is 11.8 Å². The highest BCUT2D eigenvalue weighted by atomic mass is 32.2. The molecule has 4 rings (SSSR count). The van der Waals surface area contributed by atoms with Crippen LogP contribution in [0.2, 0.25) is 0 Å². The molecule has 1 aliphatic carbocycles. The highest BCUT2D eigenvalue weighted by Crippen LogP contribution is 2.35. The third-order valence-electron chi connectivity index (χ3n) is 7.59. The van der Waals surface area contributed by atoms with Crippen LogP contribution in [0.1, 0.15) is 75.9 Å². The maximum atomic E-state index is 13.1. The van der Waals surface area contributed by atoms with Gasteiger partial charge in [0.25, 0.3) is 5.91 Å². The summed E-state index contributed by atoms with van der Waals surface area (Å²) in [5.41, 5.74) is 0. The highest BCUT2D eigenvalue weighted by Gasteiger charge is 2.27. The van der Waals surface area contributed by atoms with E-state index < -0.39 is 0 Å². The van der Waals surface area contributed by atoms with Gasteiger partial charge in [-0.15, -0.1) is 11.3 Å². The summed E-state index contributed by atoms with van der Waals surface area (Å²) in [7, 11) is 0. The summed E-state index contributed by atoms with van der Waals surface area (Å²) in [5, 5.41) is 6.40. The van der Waals surface area contributed by atoms with Gasteiger partial charge in [0.05, 0.1) is 6.20 Å². The summed E-state index contributed by atoms with van der Waals surface area (Å²) in [5.74, 6) is 3.93. The van der Waals surface area contributed by atoms with E-state index in [2.05, 4.69) is 38.9 Å². The van der Waals surface area contributed by atoms with Crippen LogP contribution in [0, 0.1) is 5.92 Å². The van der Waals surface area contributed by atoms with E-state index in [1.54, 1.807) is 12.5 Å². The van der Waals surface area contributed by atoms with Crippen LogP contribution < -0.4 is 10.1 Å². The number of amides is 1. The molecule has 2 aromatic rings. The lowest BCUT2D eigenvalue weighted by Crippen LogP contribution is -2.42. The zero-order valence-corrected chi connectivity index (χ0v) is 24.5. The topological polar surface area (TPSA) is 70.6 Å². The smallest absolute Gasteiger partial charge is 0.267 e. The number of likely N-dealkylation sites (tertiary alicyclic amines) is 1. The monoisotopic (exact) mass is 545 g/mol. The lowest BCUT2D eigenvalue weighted by molar-refractivity contribution is 0.0719. The van der Waals surface area contributed by atoms with Gasteiger partial charge in [0.1, 0.15) is 11.2 Å². The van der Waals surface area contributed by atoms with Crippen LogP contribution >= 0.6 is 23.1 Å². The molecule has 0 aromatic carbocycles. The van der Waals surface area contributed by atoms with Crippen molar-refractivity contribution >= 4 is 34.8 Å². The molecule has 9 heteroatoms. The molecule has 204 valence electrons. The van der Waals surface area contributed by atoms with E-state index in [0.29, 0.717) is 34.8 Å². The Bertz CT molecular complexity index is 984. The van der Waals surface area contributed by atoms with Crippen LogP contribution in [-0.4, -0.2) is 74.9 Å². The van der Waals surface area contributed by atoms with Crippen molar-refractivity contribution in [3.8, 4) is 11.5 Å². The number of aromatic nitrogens is 2. The number of rotatable bonds is 11. The molecule has 0 radical (unpaired) electrons. The van der Waals surface area contributed by atoms with Crippen molar-refractivity contribution in [1.29, 1.82) is 0 Å². The lowest BCUT2D eigenvalue weighted by atomic mass is 9.88. The minimum absolute atomic E-state index is 0.00108. The number of nitrogens with one attached hydrogen (secondary N) is 1. The Morgan fingerprint density at radius 1 is 1.19 bits per heavy atom. The van der Waals surface area contributed by atoms with E-state index in [9.17, 15) is 4.79 Å². The predicted octanol–water partition coefficient (Wildman–Crippen LogP) is 6.39. The van der Waals surface area contributed by atoms with E-state index in [1.165, 1.54) is 49.3 Å². The Hall–Kier alpha value is -1.84. The van der Waals surface area contributed by atoms with Gasteiger partial charge in [-0.3, -0.25) is 4.79 Å². The SMILES string of the molecule is CCSC1CCC(CN2CCC(Nc3ncncc3Oc3ccsc3C(=O)N(CC)C(C)C)CC2)CC1. The van der Waals surface area contributed by atoms with Gasteiger partial charge in [0.2, 0.25) is 0 Å². The predicted molar refractivity (Wildman–Crippen MR) is 155 cm³/mol. The van der Waals surface area contributed by atoms with Crippen molar-refractivity contribution < 1.29 is 9.53 Å². The summed E-state index contributed by atoms with van der Waals surface area (Å²) >= 11 is 3.56. The first kappa shape index (κ1) is 28.2. The molecule has 2 aromatic heterocycles. The molecule has 1 saturated heterocycles. The van der Waals surface area contributed by atoms with Gasteiger partial charge in [-0.05, 0) is 82.4 Å². The number of carbonyl (C=O) groups excluding carboxylic acids is 1. The molecule has 0 atom stereocenters. The van der Waals surface area contributed by atoms with Crippen molar-refractivity contribution in [2.45, 2.75) is 83.6 Å². The van der Waals surface area contributed by atoms with Gasteiger partial charge in [0.15, 0.2) is 17.3 Å². The molecule has 3 heterocycles. The number of hydrogen-bond donors (Lipinski definition) is 1. The number of thiophene rings is 1. The second kappa shape index (κ2) is 13.8. The van der Waals surface area contributed by atoms with E-state index in [-0.39, 0.29) is 11.9 Å². The Kier molecular flexibility index (Phi) is 10.5. The molecular formula is C28H43N5O2S2. The van der Waals surface area contributed by atoms with Crippen LogP contribution in [0.5, 0.6) is 11.5 Å². The molecule has 0 bridgehead atoms. The average molecular weight is 546 g/mol. The van der Waals surface area contributed by atoms with Crippen LogP contribution in [0.15, 0.2) is 24.0 Å². The number of piperidine rings is 1. The maximum Gasteiger partial charge on any atom is 0.267 e. The van der Waals surface area contributed by atoms with Crippen LogP contribution in [0.25, 0.3) is 0 Å². The van der Waals surface area contributed by atoms with Crippen molar-refractivity contribution in [2.75, 3.05) is 37.2 Å². The van der Waals surface area contributed by atoms with Crippen molar-refractivity contribution in [3.05, 3.63) is 28.8 Å². The van der Waals surface area contributed by atoms with Crippen molar-refractivity contribution in [2.24, 2.45) is 5.92 Å². The molecule has 1 N–H and O–H groups in total. The number of ether oxygens (including phenoxy) is 1. The third kappa shape index (κ3) is 7.60. The van der Waals surface area contributed by atoms with Crippen LogP contribution in [-0.2, 0) is 0 Å². The summed E-state index contributed by atoms with van der Waals surface area (Å²) in [4.78, 5) is 26.9. The average Bonchev–Trinajstić information content (AvgIpc) is 3.36. The molecule has 0 spiro atoms. The van der Waals surface area contributed by atoms with Crippen LogP contribution in [0.3, 0.4) is 0 Å². The van der Waals surface area contributed by atoms with Gasteiger partial charge in [-0.25, -0.2) is 9.97 Å². The first-order valence-corrected chi connectivity index (χ1v) is 15.9. The molecule has 1 saturated carbocycles. The van der Waals surface area contributed by atoms with E-state index in [0.717, 1.165) is 37.1 Å². The Morgan fingerprint density at radius 2 is 1.95 bits per heavy atom. The maximum absolute atomic E-state index is 13.1. The van der Waals surface area contributed by atoms with Crippen molar-refractivity contribution in [1.82, 2.24) is 19.8 Å². The molecule has 37 heavy (non-hydrogen) atoms. The summed E-state index contributed by atoms with van der Waals surface area (Å²) in [6, 6.07) is 2.34. The standard InChI is InChI=1S/C28H43N5O2S2/c1-5-33(20(3)4)28(34)26-24(13-16-37-26)35-25-17-29-19-30-27(25)31-22-11-14-32(15-12-22)18-21-7-9-23(10-8-21)36-6-2/h13,16-17,19-23H,5-12,14-15,18H2,1-4H3,(H,29,30,31). The van der Waals surface area contributed by atoms with E-state index in [1.807, 2.05) is 37.1 Å². The minimum atomic E-state index is -0.00108. The van der Waals surface area contributed by atoms with E-state index in [4.69, 9.17) is 4.74 Å². The third-order valence-corrected chi connectivity index (χ3v) is 9.75. The molecular weight excluding hydrogens is 502 g/mol. The van der Waals surface area contributed by atoms with Gasteiger partial charge in [0, 0.05) is 43.5 Å². The molecule has 1 aliphatic heterocycles. The Labute approximate surface area is 230 Å². The fourth-order valence-corrected chi connectivity index (χ4v) is 7.41. The fraction of sp³-hybridized carbons (Fsp3) is 0.679. The molecule has 7 nitrogen and oxygen atoms in total. The Balaban J connectivity index is 1.31. The van der Waals surface area contributed by atoms with Gasteiger partial charge >= 0.3 is 0 Å². The first-order valence-electron chi connectivity index (χ1n) is 13.9. The van der Waals surface area contributed by atoms with Crippen molar-refractivity contribution in [3.63, 3.8) is 0 Å². The second-order valence-corrected chi connectivity index (χ2v) is 12.9. The number of nitrogens with zero attached hydrogens (tertiary/aromatic N) is 4. The summed E-state index contributed by atoms with van der Waals surface area (Å²) < 4.78 is 6.23. The first-order chi connectivity index (χ1) is 18.0. The Morgan fingerprint density at radius 3 is 2.62 bits per heavy atom. The molecule has 2 fully saturated rings. The fourth-order valence-electron chi connectivity index (χ4n) is 5.56. The second-order valence-electron chi connectivity index (χ2n) is 10.5. The summed E-state index contributed by atoms with van der Waals surface area (Å²) in [6.07, 6.45) is 11.0. The number of anilines is 1. The van der Waals surface area contributed by atoms with Crippen LogP contribution in [0.4, 0.5) is 5.82 Å². The zero-order chi connectivity index (χ0) is 26.2. The number of carbonyl (C=O) groups is 1.